The second-order valence-corrected chi connectivity index (χ2v) is 3.65. The van der Waals surface area contributed by atoms with E-state index in [4.69, 9.17) is 10.00 Å². The molecule has 0 saturated heterocycles. The summed E-state index contributed by atoms with van der Waals surface area (Å²) in [5.74, 6) is 0.688. The van der Waals surface area contributed by atoms with Crippen molar-refractivity contribution in [2.24, 2.45) is 0 Å². The first-order valence-corrected chi connectivity index (χ1v) is 5.62. The van der Waals surface area contributed by atoms with Crippen LogP contribution in [0, 0.1) is 11.3 Å². The Balaban J connectivity index is 0.00000256. The number of ether oxygens (including phenoxy) is 1. The summed E-state index contributed by atoms with van der Waals surface area (Å²) in [7, 11) is 1.93. The van der Waals surface area contributed by atoms with Gasteiger partial charge in [-0.25, -0.2) is 0 Å². The summed E-state index contributed by atoms with van der Waals surface area (Å²) in [5.41, 5.74) is 0.602. The summed E-state index contributed by atoms with van der Waals surface area (Å²) in [6, 6.07) is 9.50. The Labute approximate surface area is 109 Å². The number of nitrogens with one attached hydrogen (secondary N) is 1. The molecule has 0 spiro atoms. The number of rotatable bonds is 6. The highest BCUT2D eigenvalue weighted by Gasteiger charge is 2.09. The number of hydrogen-bond donors (Lipinski definition) is 1. The maximum Gasteiger partial charge on any atom is 0.137 e. The molecule has 1 rings (SSSR count). The summed E-state index contributed by atoms with van der Waals surface area (Å²) in [6.07, 6.45) is 2.07. The van der Waals surface area contributed by atoms with Gasteiger partial charge in [0.25, 0.3) is 0 Å². The Morgan fingerprint density at radius 2 is 2.12 bits per heavy atom. The van der Waals surface area contributed by atoms with Gasteiger partial charge in [-0.2, -0.15) is 5.26 Å². The number of para-hydroxylation sites is 1. The third-order valence-corrected chi connectivity index (χ3v) is 2.47. The van der Waals surface area contributed by atoms with Gasteiger partial charge in [0, 0.05) is 0 Å². The van der Waals surface area contributed by atoms with E-state index in [2.05, 4.69) is 18.3 Å². The zero-order valence-electron chi connectivity index (χ0n) is 10.3. The largest absolute Gasteiger partial charge is 0.489 e. The van der Waals surface area contributed by atoms with Gasteiger partial charge in [0.15, 0.2) is 0 Å². The van der Waals surface area contributed by atoms with Crippen LogP contribution in [-0.2, 0) is 0 Å². The second kappa shape index (κ2) is 8.86. The van der Waals surface area contributed by atoms with Crippen LogP contribution in [0.25, 0.3) is 0 Å². The highest BCUT2D eigenvalue weighted by atomic mass is 35.5. The first-order chi connectivity index (χ1) is 7.81. The highest BCUT2D eigenvalue weighted by Crippen LogP contribution is 2.19. The van der Waals surface area contributed by atoms with E-state index in [1.165, 1.54) is 0 Å². The molecule has 3 nitrogen and oxygen atoms in total. The van der Waals surface area contributed by atoms with Crippen molar-refractivity contribution in [1.82, 2.24) is 5.32 Å². The minimum atomic E-state index is 0. The van der Waals surface area contributed by atoms with E-state index in [1.54, 1.807) is 6.07 Å². The maximum atomic E-state index is 8.94. The lowest BCUT2D eigenvalue weighted by atomic mass is 10.2. The van der Waals surface area contributed by atoms with E-state index < -0.39 is 0 Å². The molecule has 0 amide bonds. The Morgan fingerprint density at radius 3 is 2.71 bits per heavy atom. The zero-order chi connectivity index (χ0) is 11.8. The molecule has 0 radical (unpaired) electrons. The smallest absolute Gasteiger partial charge is 0.137 e. The van der Waals surface area contributed by atoms with Gasteiger partial charge in [0.2, 0.25) is 0 Å². The number of nitrogens with zero attached hydrogens (tertiary/aromatic N) is 1. The summed E-state index contributed by atoms with van der Waals surface area (Å²) in [5, 5.41) is 12.0. The third-order valence-electron chi connectivity index (χ3n) is 2.47. The normalized spacial score (nSPS) is 11.1. The fourth-order valence-electron chi connectivity index (χ4n) is 1.49. The monoisotopic (exact) mass is 254 g/mol. The molecule has 17 heavy (non-hydrogen) atoms. The molecular weight excluding hydrogens is 236 g/mol. The van der Waals surface area contributed by atoms with Crippen molar-refractivity contribution in [3.05, 3.63) is 29.8 Å². The lowest BCUT2D eigenvalue weighted by molar-refractivity contribution is 0.186. The van der Waals surface area contributed by atoms with Crippen LogP contribution in [0.4, 0.5) is 0 Å². The molecule has 1 unspecified atom stereocenters. The molecule has 1 aromatic carbocycles. The fourth-order valence-corrected chi connectivity index (χ4v) is 1.49. The van der Waals surface area contributed by atoms with Crippen LogP contribution < -0.4 is 10.1 Å². The Bertz CT molecular complexity index is 363. The van der Waals surface area contributed by atoms with Gasteiger partial charge in [-0.05, 0) is 38.6 Å². The van der Waals surface area contributed by atoms with Crippen molar-refractivity contribution in [2.45, 2.75) is 25.9 Å². The van der Waals surface area contributed by atoms with Gasteiger partial charge in [-0.15, -0.1) is 12.4 Å². The zero-order valence-corrected chi connectivity index (χ0v) is 11.1. The molecule has 4 heteroatoms. The Kier molecular flexibility index (Phi) is 8.21. The van der Waals surface area contributed by atoms with Crippen molar-refractivity contribution in [3.63, 3.8) is 0 Å². The Hall–Kier alpha value is -1.24. The van der Waals surface area contributed by atoms with Gasteiger partial charge in [-0.1, -0.05) is 19.1 Å². The van der Waals surface area contributed by atoms with Crippen LogP contribution in [0.1, 0.15) is 25.3 Å². The minimum absolute atomic E-state index is 0. The predicted molar refractivity (Wildman–Crippen MR) is 71.7 cm³/mol. The van der Waals surface area contributed by atoms with Crippen LogP contribution in [0.5, 0.6) is 5.75 Å². The molecular formula is C13H19ClN2O. The highest BCUT2D eigenvalue weighted by molar-refractivity contribution is 5.85. The van der Waals surface area contributed by atoms with Crippen LogP contribution in [0.2, 0.25) is 0 Å². The first-order valence-electron chi connectivity index (χ1n) is 5.62. The molecule has 0 aliphatic carbocycles. The van der Waals surface area contributed by atoms with Crippen LogP contribution in [0.15, 0.2) is 24.3 Å². The van der Waals surface area contributed by atoms with Crippen molar-refractivity contribution in [1.29, 1.82) is 5.26 Å². The van der Waals surface area contributed by atoms with Gasteiger partial charge in [0.1, 0.15) is 11.8 Å². The fraction of sp³-hybridized carbons (Fsp3) is 0.462. The molecule has 0 aliphatic rings. The molecule has 0 heterocycles. The topological polar surface area (TPSA) is 45.0 Å². The second-order valence-electron chi connectivity index (χ2n) is 3.65. The lowest BCUT2D eigenvalue weighted by Crippen LogP contribution is -2.22. The summed E-state index contributed by atoms with van der Waals surface area (Å²) in [6.45, 7) is 3.02. The quantitative estimate of drug-likeness (QED) is 0.849. The molecule has 0 fully saturated rings. The van der Waals surface area contributed by atoms with E-state index in [1.807, 2.05) is 25.2 Å². The molecule has 0 bridgehead atoms. The van der Waals surface area contributed by atoms with Crippen LogP contribution in [-0.4, -0.2) is 19.7 Å². The van der Waals surface area contributed by atoms with Crippen molar-refractivity contribution >= 4 is 12.4 Å². The van der Waals surface area contributed by atoms with E-state index in [0.717, 1.165) is 19.4 Å². The van der Waals surface area contributed by atoms with E-state index in [-0.39, 0.29) is 18.5 Å². The molecule has 94 valence electrons. The van der Waals surface area contributed by atoms with E-state index >= 15 is 0 Å². The number of hydrogen-bond acceptors (Lipinski definition) is 3. The number of halogens is 1. The molecule has 1 aromatic rings. The molecule has 0 saturated carbocycles. The number of benzene rings is 1. The molecule has 0 aromatic heterocycles. The summed E-state index contributed by atoms with van der Waals surface area (Å²) in [4.78, 5) is 0. The Morgan fingerprint density at radius 1 is 1.41 bits per heavy atom. The van der Waals surface area contributed by atoms with E-state index in [9.17, 15) is 0 Å². The average molecular weight is 255 g/mol. The van der Waals surface area contributed by atoms with E-state index in [0.29, 0.717) is 11.3 Å². The van der Waals surface area contributed by atoms with Gasteiger partial charge < -0.3 is 10.1 Å². The van der Waals surface area contributed by atoms with Gasteiger partial charge in [-0.3, -0.25) is 0 Å². The first kappa shape index (κ1) is 15.8. The standard InChI is InChI=1S/C13H18N2O.ClH/c1-3-12(8-9-15-2)16-13-7-5-4-6-11(13)10-14;/h4-7,12,15H,3,8-9H2,1-2H3;1H. The van der Waals surface area contributed by atoms with Gasteiger partial charge in [0.05, 0.1) is 11.7 Å². The van der Waals surface area contributed by atoms with Crippen molar-refractivity contribution < 1.29 is 4.74 Å². The van der Waals surface area contributed by atoms with Gasteiger partial charge >= 0.3 is 0 Å². The summed E-state index contributed by atoms with van der Waals surface area (Å²) >= 11 is 0. The molecule has 0 aliphatic heterocycles. The molecule has 1 N–H and O–H groups in total. The van der Waals surface area contributed by atoms with Crippen molar-refractivity contribution in [3.8, 4) is 11.8 Å². The SMILES string of the molecule is CCC(CCNC)Oc1ccccc1C#N.Cl. The van der Waals surface area contributed by atoms with Crippen molar-refractivity contribution in [2.75, 3.05) is 13.6 Å². The molecule has 1 atom stereocenters. The average Bonchev–Trinajstić information content (AvgIpc) is 2.34. The van der Waals surface area contributed by atoms with Crippen LogP contribution >= 0.6 is 12.4 Å². The third kappa shape index (κ3) is 5.08. The van der Waals surface area contributed by atoms with Crippen LogP contribution in [0.3, 0.4) is 0 Å². The predicted octanol–water partition coefficient (Wildman–Crippen LogP) is 2.75. The maximum absolute atomic E-state index is 8.94. The summed E-state index contributed by atoms with van der Waals surface area (Å²) < 4.78 is 5.83. The lowest BCUT2D eigenvalue weighted by Gasteiger charge is -2.18. The number of nitriles is 1. The minimum Gasteiger partial charge on any atom is -0.489 e.